The van der Waals surface area contributed by atoms with E-state index >= 15 is 0 Å². The molecule has 0 spiro atoms. The van der Waals surface area contributed by atoms with Gasteiger partial charge < -0.3 is 5.32 Å². The number of benzene rings is 1. The first-order valence-electron chi connectivity index (χ1n) is 4.70. The van der Waals surface area contributed by atoms with Crippen molar-refractivity contribution in [3.63, 3.8) is 0 Å². The minimum absolute atomic E-state index is 0.0341. The molecule has 1 aromatic rings. The molecule has 3 nitrogen and oxygen atoms in total. The third kappa shape index (κ3) is 2.39. The fourth-order valence-electron chi connectivity index (χ4n) is 1.52. The van der Waals surface area contributed by atoms with Gasteiger partial charge in [0.1, 0.15) is 5.78 Å². The minimum atomic E-state index is 0.0341. The van der Waals surface area contributed by atoms with Crippen LogP contribution in [-0.4, -0.2) is 17.4 Å². The zero-order valence-electron chi connectivity index (χ0n) is 8.37. The fraction of sp³-hybridized carbons (Fsp3) is 0.273. The molecule has 0 saturated carbocycles. The van der Waals surface area contributed by atoms with E-state index in [0.29, 0.717) is 12.2 Å². The number of carbonyl (C=O) groups excluding carboxylic acids is 2. The van der Waals surface area contributed by atoms with Crippen LogP contribution in [0.1, 0.15) is 12.5 Å². The summed E-state index contributed by atoms with van der Waals surface area (Å²) in [5.41, 5.74) is 1.86. The number of anilines is 1. The highest BCUT2D eigenvalue weighted by Gasteiger charge is 2.15. The highest BCUT2D eigenvalue weighted by Crippen LogP contribution is 2.32. The molecule has 0 bridgehead atoms. The maximum absolute atomic E-state index is 11.1. The van der Waals surface area contributed by atoms with Crippen LogP contribution in [0.25, 0.3) is 0 Å². The number of carbonyl (C=O) groups is 2. The summed E-state index contributed by atoms with van der Waals surface area (Å²) >= 11 is 1.51. The molecule has 1 heterocycles. The predicted octanol–water partition coefficient (Wildman–Crippen LogP) is 1.86. The summed E-state index contributed by atoms with van der Waals surface area (Å²) in [4.78, 5) is 23.1. The number of nitrogens with one attached hydrogen (secondary N) is 1. The van der Waals surface area contributed by atoms with Gasteiger partial charge in [-0.1, -0.05) is 6.07 Å². The van der Waals surface area contributed by atoms with Crippen molar-refractivity contribution in [2.45, 2.75) is 18.2 Å². The number of fused-ring (bicyclic) bond motifs is 1. The van der Waals surface area contributed by atoms with E-state index in [4.69, 9.17) is 0 Å². The molecule has 1 aliphatic heterocycles. The van der Waals surface area contributed by atoms with Crippen molar-refractivity contribution in [3.8, 4) is 0 Å². The van der Waals surface area contributed by atoms with Gasteiger partial charge in [0.2, 0.25) is 5.91 Å². The Morgan fingerprint density at radius 2 is 2.33 bits per heavy atom. The average Bonchev–Trinajstić information content (AvgIpc) is 2.17. The summed E-state index contributed by atoms with van der Waals surface area (Å²) in [5, 5.41) is 2.80. The highest BCUT2D eigenvalue weighted by atomic mass is 32.2. The number of rotatable bonds is 2. The second-order valence-electron chi connectivity index (χ2n) is 3.55. The van der Waals surface area contributed by atoms with Gasteiger partial charge in [-0.25, -0.2) is 0 Å². The molecular formula is C11H11NO2S. The van der Waals surface area contributed by atoms with Crippen LogP contribution in [0.15, 0.2) is 23.1 Å². The Bertz CT molecular complexity index is 429. The summed E-state index contributed by atoms with van der Waals surface area (Å²) < 4.78 is 0. The Hall–Kier alpha value is -1.29. The number of ketones is 1. The van der Waals surface area contributed by atoms with Gasteiger partial charge >= 0.3 is 0 Å². The lowest BCUT2D eigenvalue weighted by molar-refractivity contribution is -0.116. The summed E-state index contributed by atoms with van der Waals surface area (Å²) in [7, 11) is 0. The maximum atomic E-state index is 11.1. The van der Waals surface area contributed by atoms with E-state index in [9.17, 15) is 9.59 Å². The van der Waals surface area contributed by atoms with Crippen LogP contribution in [0.2, 0.25) is 0 Å². The Morgan fingerprint density at radius 1 is 1.53 bits per heavy atom. The van der Waals surface area contributed by atoms with Crippen molar-refractivity contribution < 1.29 is 9.59 Å². The van der Waals surface area contributed by atoms with Crippen molar-refractivity contribution in [3.05, 3.63) is 23.8 Å². The van der Waals surface area contributed by atoms with Gasteiger partial charge in [0.15, 0.2) is 0 Å². The van der Waals surface area contributed by atoms with Crippen LogP contribution in [0.4, 0.5) is 5.69 Å². The van der Waals surface area contributed by atoms with Crippen LogP contribution < -0.4 is 5.32 Å². The Labute approximate surface area is 92.2 Å². The fourth-order valence-corrected chi connectivity index (χ4v) is 2.38. The molecule has 1 aromatic carbocycles. The van der Waals surface area contributed by atoms with E-state index < -0.39 is 0 Å². The highest BCUT2D eigenvalue weighted by molar-refractivity contribution is 8.00. The number of Topliss-reactive ketones (excluding diaryl/α,β-unsaturated/α-hetero) is 1. The van der Waals surface area contributed by atoms with Gasteiger partial charge in [0.25, 0.3) is 0 Å². The van der Waals surface area contributed by atoms with E-state index in [1.165, 1.54) is 11.8 Å². The number of hydrogen-bond acceptors (Lipinski definition) is 3. The third-order valence-corrected chi connectivity index (χ3v) is 3.19. The van der Waals surface area contributed by atoms with E-state index in [0.717, 1.165) is 16.1 Å². The summed E-state index contributed by atoms with van der Waals surface area (Å²) in [6.07, 6.45) is 0.460. The normalized spacial score (nSPS) is 14.3. The number of hydrogen-bond donors (Lipinski definition) is 1. The molecule has 1 aliphatic rings. The molecule has 2 rings (SSSR count). The van der Waals surface area contributed by atoms with Crippen LogP contribution in [0, 0.1) is 0 Å². The van der Waals surface area contributed by atoms with Gasteiger partial charge in [-0.2, -0.15) is 0 Å². The van der Waals surface area contributed by atoms with Crippen LogP contribution >= 0.6 is 11.8 Å². The lowest BCUT2D eigenvalue weighted by Crippen LogP contribution is -2.18. The Morgan fingerprint density at radius 3 is 3.07 bits per heavy atom. The minimum Gasteiger partial charge on any atom is -0.324 e. The number of amides is 1. The molecule has 0 saturated heterocycles. The molecule has 78 valence electrons. The summed E-state index contributed by atoms with van der Waals surface area (Å²) in [5.74, 6) is 0.642. The summed E-state index contributed by atoms with van der Waals surface area (Å²) in [6.45, 7) is 1.58. The van der Waals surface area contributed by atoms with Gasteiger partial charge in [0.05, 0.1) is 11.4 Å². The third-order valence-electron chi connectivity index (χ3n) is 2.13. The molecule has 0 aliphatic carbocycles. The maximum Gasteiger partial charge on any atom is 0.234 e. The van der Waals surface area contributed by atoms with E-state index in [1.54, 1.807) is 6.92 Å². The zero-order chi connectivity index (χ0) is 10.8. The lowest BCUT2D eigenvalue weighted by atomic mass is 10.1. The van der Waals surface area contributed by atoms with Gasteiger partial charge in [0, 0.05) is 11.3 Å². The molecule has 0 unspecified atom stereocenters. The zero-order valence-corrected chi connectivity index (χ0v) is 9.19. The largest absolute Gasteiger partial charge is 0.324 e. The molecule has 0 aromatic heterocycles. The molecule has 0 fully saturated rings. The first-order valence-corrected chi connectivity index (χ1v) is 5.69. The van der Waals surface area contributed by atoms with Gasteiger partial charge in [-0.15, -0.1) is 11.8 Å². The smallest absolute Gasteiger partial charge is 0.234 e. The van der Waals surface area contributed by atoms with E-state index in [2.05, 4.69) is 5.32 Å². The van der Waals surface area contributed by atoms with Crippen molar-refractivity contribution in [2.75, 3.05) is 11.1 Å². The predicted molar refractivity (Wildman–Crippen MR) is 60.2 cm³/mol. The Balaban J connectivity index is 2.26. The molecule has 0 radical (unpaired) electrons. The van der Waals surface area contributed by atoms with Gasteiger partial charge in [-0.3, -0.25) is 9.59 Å². The van der Waals surface area contributed by atoms with E-state index in [1.807, 2.05) is 18.2 Å². The second kappa shape index (κ2) is 4.06. The average molecular weight is 221 g/mol. The standard InChI is InChI=1S/C11H11NO2S/c1-7(13)4-8-2-3-9-10(5-8)15-6-11(14)12-9/h2-3,5H,4,6H2,1H3,(H,12,14). The summed E-state index contributed by atoms with van der Waals surface area (Å²) in [6, 6.07) is 5.71. The molecule has 1 amide bonds. The lowest BCUT2D eigenvalue weighted by Gasteiger charge is -2.16. The van der Waals surface area contributed by atoms with Crippen molar-refractivity contribution in [2.24, 2.45) is 0 Å². The molecule has 1 N–H and O–H groups in total. The molecule has 0 atom stereocenters. The van der Waals surface area contributed by atoms with Crippen LogP contribution in [-0.2, 0) is 16.0 Å². The first kappa shape index (κ1) is 10.2. The molecular weight excluding hydrogens is 210 g/mol. The van der Waals surface area contributed by atoms with E-state index in [-0.39, 0.29) is 11.7 Å². The first-order chi connectivity index (χ1) is 7.15. The Kier molecular flexibility index (Phi) is 2.77. The SMILES string of the molecule is CC(=O)Cc1ccc2c(c1)SCC(=O)N2. The van der Waals surface area contributed by atoms with Crippen LogP contribution in [0.5, 0.6) is 0 Å². The van der Waals surface area contributed by atoms with Crippen molar-refractivity contribution in [1.29, 1.82) is 0 Å². The van der Waals surface area contributed by atoms with Crippen molar-refractivity contribution >= 4 is 29.1 Å². The molecule has 4 heteroatoms. The van der Waals surface area contributed by atoms with Crippen LogP contribution in [0.3, 0.4) is 0 Å². The topological polar surface area (TPSA) is 46.2 Å². The quantitative estimate of drug-likeness (QED) is 0.829. The number of thioether (sulfide) groups is 1. The van der Waals surface area contributed by atoms with Crippen molar-refractivity contribution in [1.82, 2.24) is 0 Å². The molecule has 15 heavy (non-hydrogen) atoms. The second-order valence-corrected chi connectivity index (χ2v) is 4.56. The monoisotopic (exact) mass is 221 g/mol. The van der Waals surface area contributed by atoms with Gasteiger partial charge in [-0.05, 0) is 24.6 Å².